The highest BCUT2D eigenvalue weighted by atomic mass is 19.1. The molecule has 0 heterocycles. The van der Waals surface area contributed by atoms with E-state index in [1.165, 1.54) is 51.3 Å². The van der Waals surface area contributed by atoms with Gasteiger partial charge in [0.1, 0.15) is 5.82 Å². The molecular formula is C16H22FNO2. The fourth-order valence-electron chi connectivity index (χ4n) is 2.70. The first-order valence-corrected chi connectivity index (χ1v) is 7.35. The molecule has 0 unspecified atom stereocenters. The molecule has 0 atom stereocenters. The molecule has 1 aliphatic carbocycles. The minimum atomic E-state index is -0.439. The van der Waals surface area contributed by atoms with Gasteiger partial charge in [0, 0.05) is 6.04 Å². The Hall–Kier alpha value is -1.58. The summed E-state index contributed by atoms with van der Waals surface area (Å²) in [5.74, 6) is -0.759. The Bertz CT molecular complexity index is 454. The number of hydrogen-bond donors (Lipinski definition) is 1. The van der Waals surface area contributed by atoms with Crippen molar-refractivity contribution in [1.82, 2.24) is 0 Å². The van der Waals surface area contributed by atoms with Crippen LogP contribution in [-0.4, -0.2) is 19.1 Å². The topological polar surface area (TPSA) is 38.3 Å². The zero-order chi connectivity index (χ0) is 14.4. The number of esters is 1. The number of anilines is 1. The van der Waals surface area contributed by atoms with Crippen LogP contribution >= 0.6 is 0 Å². The molecule has 1 aliphatic rings. The second-order valence-electron chi connectivity index (χ2n) is 5.37. The van der Waals surface area contributed by atoms with E-state index < -0.39 is 5.97 Å². The Balaban J connectivity index is 2.08. The number of ether oxygens (including phenoxy) is 1. The maximum Gasteiger partial charge on any atom is 0.337 e. The van der Waals surface area contributed by atoms with E-state index in [0.717, 1.165) is 12.8 Å². The van der Waals surface area contributed by atoms with Gasteiger partial charge in [-0.1, -0.05) is 32.1 Å². The number of halogens is 1. The fourth-order valence-corrected chi connectivity index (χ4v) is 2.70. The first-order chi connectivity index (χ1) is 9.70. The van der Waals surface area contributed by atoms with Crippen molar-refractivity contribution in [2.75, 3.05) is 12.4 Å². The Morgan fingerprint density at radius 1 is 1.20 bits per heavy atom. The van der Waals surface area contributed by atoms with Crippen molar-refractivity contribution >= 4 is 11.7 Å². The van der Waals surface area contributed by atoms with Crippen molar-refractivity contribution in [3.8, 4) is 0 Å². The predicted octanol–water partition coefficient (Wildman–Crippen LogP) is 4.14. The van der Waals surface area contributed by atoms with E-state index in [2.05, 4.69) is 10.1 Å². The van der Waals surface area contributed by atoms with E-state index in [1.54, 1.807) is 6.07 Å². The van der Waals surface area contributed by atoms with Gasteiger partial charge in [0.15, 0.2) is 0 Å². The normalized spacial score (nSPS) is 17.1. The summed E-state index contributed by atoms with van der Waals surface area (Å²) in [6.45, 7) is 0. The average Bonchev–Trinajstić information content (AvgIpc) is 2.43. The SMILES string of the molecule is COC(=O)c1ccc(F)c(NC2CCCCCCC2)c1. The predicted molar refractivity (Wildman–Crippen MR) is 77.5 cm³/mol. The number of nitrogens with one attached hydrogen (secondary N) is 1. The summed E-state index contributed by atoms with van der Waals surface area (Å²) in [5, 5.41) is 3.25. The van der Waals surface area contributed by atoms with E-state index in [-0.39, 0.29) is 11.9 Å². The van der Waals surface area contributed by atoms with Crippen LogP contribution in [0.2, 0.25) is 0 Å². The van der Waals surface area contributed by atoms with Gasteiger partial charge in [-0.25, -0.2) is 9.18 Å². The number of carbonyl (C=O) groups excluding carboxylic acids is 1. The number of carbonyl (C=O) groups is 1. The summed E-state index contributed by atoms with van der Waals surface area (Å²) in [7, 11) is 1.33. The Morgan fingerprint density at radius 2 is 1.85 bits per heavy atom. The van der Waals surface area contributed by atoms with Crippen LogP contribution in [0.4, 0.5) is 10.1 Å². The largest absolute Gasteiger partial charge is 0.465 e. The number of rotatable bonds is 3. The number of benzene rings is 1. The van der Waals surface area contributed by atoms with E-state index in [1.807, 2.05) is 0 Å². The van der Waals surface area contributed by atoms with Crippen LogP contribution in [0.25, 0.3) is 0 Å². The van der Waals surface area contributed by atoms with Gasteiger partial charge in [-0.2, -0.15) is 0 Å². The molecule has 4 heteroatoms. The molecule has 20 heavy (non-hydrogen) atoms. The number of hydrogen-bond acceptors (Lipinski definition) is 3. The highest BCUT2D eigenvalue weighted by Gasteiger charge is 2.15. The molecule has 1 aromatic rings. The van der Waals surface area contributed by atoms with E-state index in [0.29, 0.717) is 11.3 Å². The molecule has 1 saturated carbocycles. The third-order valence-corrected chi connectivity index (χ3v) is 3.85. The lowest BCUT2D eigenvalue weighted by molar-refractivity contribution is 0.0600. The fraction of sp³-hybridized carbons (Fsp3) is 0.562. The molecule has 2 rings (SSSR count). The van der Waals surface area contributed by atoms with Crippen LogP contribution in [-0.2, 0) is 4.74 Å². The van der Waals surface area contributed by atoms with Gasteiger partial charge < -0.3 is 10.1 Å². The van der Waals surface area contributed by atoms with Crippen molar-refractivity contribution in [2.24, 2.45) is 0 Å². The quantitative estimate of drug-likeness (QED) is 0.845. The first kappa shape index (κ1) is 14.8. The first-order valence-electron chi connectivity index (χ1n) is 7.35. The molecule has 0 aromatic heterocycles. The molecule has 1 aromatic carbocycles. The van der Waals surface area contributed by atoms with E-state index in [4.69, 9.17) is 0 Å². The molecule has 1 fully saturated rings. The second kappa shape index (κ2) is 7.27. The summed E-state index contributed by atoms with van der Waals surface area (Å²) < 4.78 is 18.5. The smallest absolute Gasteiger partial charge is 0.337 e. The highest BCUT2D eigenvalue weighted by molar-refractivity contribution is 5.90. The summed E-state index contributed by atoms with van der Waals surface area (Å²) in [6.07, 6.45) is 8.28. The minimum absolute atomic E-state index is 0.290. The van der Waals surface area contributed by atoms with Gasteiger partial charge in [-0.3, -0.25) is 0 Å². The van der Waals surface area contributed by atoms with Gasteiger partial charge in [0.2, 0.25) is 0 Å². The standard InChI is InChI=1S/C16H22FNO2/c1-20-16(19)12-9-10-14(17)15(11-12)18-13-7-5-3-2-4-6-8-13/h9-11,13,18H,2-8H2,1H3. The van der Waals surface area contributed by atoms with Crippen molar-refractivity contribution < 1.29 is 13.9 Å². The number of methoxy groups -OCH3 is 1. The molecule has 0 radical (unpaired) electrons. The molecule has 0 spiro atoms. The summed E-state index contributed by atoms with van der Waals surface area (Å²) >= 11 is 0. The summed E-state index contributed by atoms with van der Waals surface area (Å²) in [4.78, 5) is 11.5. The maximum atomic E-state index is 13.9. The van der Waals surface area contributed by atoms with Crippen molar-refractivity contribution in [1.29, 1.82) is 0 Å². The molecule has 0 amide bonds. The van der Waals surface area contributed by atoms with Crippen molar-refractivity contribution in [2.45, 2.75) is 51.0 Å². The molecule has 0 bridgehead atoms. The lowest BCUT2D eigenvalue weighted by Gasteiger charge is -2.22. The Morgan fingerprint density at radius 3 is 2.50 bits per heavy atom. The van der Waals surface area contributed by atoms with Crippen LogP contribution in [0.1, 0.15) is 55.3 Å². The molecule has 3 nitrogen and oxygen atoms in total. The van der Waals surface area contributed by atoms with Crippen LogP contribution in [0, 0.1) is 5.82 Å². The van der Waals surface area contributed by atoms with Gasteiger partial charge in [-0.15, -0.1) is 0 Å². The summed E-state index contributed by atoms with van der Waals surface area (Å²) in [5.41, 5.74) is 0.778. The van der Waals surface area contributed by atoms with Gasteiger partial charge in [-0.05, 0) is 31.0 Å². The van der Waals surface area contributed by atoms with Crippen LogP contribution in [0.5, 0.6) is 0 Å². The minimum Gasteiger partial charge on any atom is -0.465 e. The van der Waals surface area contributed by atoms with Crippen molar-refractivity contribution in [3.63, 3.8) is 0 Å². The van der Waals surface area contributed by atoms with Gasteiger partial charge in [0.05, 0.1) is 18.4 Å². The van der Waals surface area contributed by atoms with E-state index >= 15 is 0 Å². The average molecular weight is 279 g/mol. The third kappa shape index (κ3) is 3.95. The monoisotopic (exact) mass is 279 g/mol. The highest BCUT2D eigenvalue weighted by Crippen LogP contribution is 2.23. The van der Waals surface area contributed by atoms with Crippen LogP contribution in [0.15, 0.2) is 18.2 Å². The van der Waals surface area contributed by atoms with Crippen LogP contribution < -0.4 is 5.32 Å². The second-order valence-corrected chi connectivity index (χ2v) is 5.37. The molecular weight excluding hydrogens is 257 g/mol. The Labute approximate surface area is 119 Å². The van der Waals surface area contributed by atoms with Crippen molar-refractivity contribution in [3.05, 3.63) is 29.6 Å². The maximum absolute atomic E-state index is 13.9. The third-order valence-electron chi connectivity index (χ3n) is 3.85. The molecule has 0 aliphatic heterocycles. The van der Waals surface area contributed by atoms with Gasteiger partial charge >= 0.3 is 5.97 Å². The molecule has 1 N–H and O–H groups in total. The lowest BCUT2D eigenvalue weighted by Crippen LogP contribution is -2.21. The lowest BCUT2D eigenvalue weighted by atomic mass is 9.96. The summed E-state index contributed by atoms with van der Waals surface area (Å²) in [6, 6.07) is 4.60. The molecule has 110 valence electrons. The van der Waals surface area contributed by atoms with Gasteiger partial charge in [0.25, 0.3) is 0 Å². The molecule has 0 saturated heterocycles. The Kier molecular flexibility index (Phi) is 5.39. The zero-order valence-electron chi connectivity index (χ0n) is 12.0. The van der Waals surface area contributed by atoms with E-state index in [9.17, 15) is 9.18 Å². The zero-order valence-corrected chi connectivity index (χ0v) is 12.0. The van der Waals surface area contributed by atoms with Crippen LogP contribution in [0.3, 0.4) is 0 Å².